The molecule has 0 unspecified atom stereocenters. The molecule has 14 nitrogen and oxygen atoms in total. The zero-order valence-corrected chi connectivity index (χ0v) is 23.0. The molecule has 0 aliphatic heterocycles. The molecule has 0 saturated carbocycles. The highest BCUT2D eigenvalue weighted by molar-refractivity contribution is 5.89. The molecule has 43 heavy (non-hydrogen) atoms. The first-order valence-corrected chi connectivity index (χ1v) is 12.4. The Bertz CT molecular complexity index is 1680. The highest BCUT2D eigenvalue weighted by Gasteiger charge is 2.19. The van der Waals surface area contributed by atoms with Gasteiger partial charge in [0.15, 0.2) is 0 Å². The van der Waals surface area contributed by atoms with Crippen molar-refractivity contribution in [2.75, 3.05) is 19.0 Å². The van der Waals surface area contributed by atoms with E-state index in [4.69, 9.17) is 10.2 Å². The van der Waals surface area contributed by atoms with Crippen LogP contribution in [-0.2, 0) is 6.54 Å². The zero-order valence-electron chi connectivity index (χ0n) is 23.0. The number of para-hydroxylation sites is 2. The van der Waals surface area contributed by atoms with Crippen LogP contribution in [0, 0.1) is 20.2 Å². The lowest BCUT2D eigenvalue weighted by molar-refractivity contribution is -0.394. The number of carbonyl (C=O) groups is 2. The summed E-state index contributed by atoms with van der Waals surface area (Å²) in [6, 6.07) is 21.2. The highest BCUT2D eigenvalue weighted by Crippen LogP contribution is 2.22. The summed E-state index contributed by atoms with van der Waals surface area (Å²) in [6.45, 7) is 0.814. The second-order valence-corrected chi connectivity index (χ2v) is 9.03. The number of nitrogens with zero attached hydrogens (tertiary/aromatic N) is 6. The number of hydrogen-bond acceptors (Lipinski definition) is 9. The number of fused-ring (bicyclic) bond motifs is 1. The van der Waals surface area contributed by atoms with E-state index >= 15 is 0 Å². The van der Waals surface area contributed by atoms with Gasteiger partial charge in [0, 0.05) is 44.3 Å². The van der Waals surface area contributed by atoms with Gasteiger partial charge in [-0.15, -0.1) is 0 Å². The van der Waals surface area contributed by atoms with Crippen molar-refractivity contribution in [3.63, 3.8) is 0 Å². The molecule has 0 atom stereocenters. The van der Waals surface area contributed by atoms with E-state index in [0.29, 0.717) is 11.6 Å². The zero-order chi connectivity index (χ0) is 31.5. The topological polar surface area (TPSA) is 195 Å². The molecule has 220 valence electrons. The number of aromatic nitrogens is 3. The molecule has 2 aromatic heterocycles. The first-order chi connectivity index (χ1) is 20.5. The van der Waals surface area contributed by atoms with Crippen LogP contribution in [0.15, 0.2) is 97.6 Å². The van der Waals surface area contributed by atoms with E-state index in [-0.39, 0.29) is 0 Å². The van der Waals surface area contributed by atoms with Crippen LogP contribution in [0.1, 0.15) is 26.3 Å². The lowest BCUT2D eigenvalue weighted by Crippen LogP contribution is -2.09. The van der Waals surface area contributed by atoms with Gasteiger partial charge in [0.2, 0.25) is 0 Å². The second kappa shape index (κ2) is 14.5. The van der Waals surface area contributed by atoms with E-state index in [1.54, 1.807) is 24.4 Å². The van der Waals surface area contributed by atoms with E-state index < -0.39 is 38.7 Å². The van der Waals surface area contributed by atoms with Gasteiger partial charge >= 0.3 is 11.9 Å². The fourth-order valence-electron chi connectivity index (χ4n) is 3.67. The number of anilines is 1. The number of hydrogen-bond donors (Lipinski definition) is 2. The van der Waals surface area contributed by atoms with Crippen LogP contribution in [0.2, 0.25) is 0 Å². The molecule has 2 N–H and O–H groups in total. The van der Waals surface area contributed by atoms with Crippen molar-refractivity contribution in [2.45, 2.75) is 6.54 Å². The largest absolute Gasteiger partial charge is 0.478 e. The third-order valence-electron chi connectivity index (χ3n) is 5.78. The molecule has 0 saturated heterocycles. The van der Waals surface area contributed by atoms with E-state index in [9.17, 15) is 29.8 Å². The van der Waals surface area contributed by atoms with Crippen molar-refractivity contribution in [1.29, 1.82) is 0 Å². The number of aromatic carboxylic acids is 2. The summed E-state index contributed by atoms with van der Waals surface area (Å²) in [5, 5.41) is 37.9. The molecule has 5 rings (SSSR count). The number of pyridine rings is 1. The summed E-state index contributed by atoms with van der Waals surface area (Å²) in [5.41, 5.74) is 2.86. The quantitative estimate of drug-likeness (QED) is 0.189. The van der Waals surface area contributed by atoms with Gasteiger partial charge in [0.05, 0.1) is 50.9 Å². The van der Waals surface area contributed by atoms with Crippen LogP contribution in [-0.4, -0.2) is 60.6 Å². The number of nitro benzene ring substituents is 2. The van der Waals surface area contributed by atoms with Crippen molar-refractivity contribution >= 4 is 40.0 Å². The normalized spacial score (nSPS) is 10.0. The first-order valence-electron chi connectivity index (χ1n) is 12.4. The third kappa shape index (κ3) is 8.91. The van der Waals surface area contributed by atoms with Crippen molar-refractivity contribution < 1.29 is 29.6 Å². The molecular weight excluding hydrogens is 560 g/mol. The number of carboxylic acid groups (broad SMARTS) is 2. The predicted octanol–water partition coefficient (Wildman–Crippen LogP) is 5.13. The Morgan fingerprint density at radius 3 is 2.05 bits per heavy atom. The minimum Gasteiger partial charge on any atom is -0.478 e. The van der Waals surface area contributed by atoms with Crippen LogP contribution < -0.4 is 4.90 Å². The number of non-ortho nitro benzene ring substituents is 2. The molecule has 3 aromatic carbocycles. The van der Waals surface area contributed by atoms with Crippen molar-refractivity contribution in [3.05, 3.63) is 135 Å². The van der Waals surface area contributed by atoms with Crippen molar-refractivity contribution in [1.82, 2.24) is 14.5 Å². The average Bonchev–Trinajstić information content (AvgIpc) is 3.40. The number of rotatable bonds is 7. The van der Waals surface area contributed by atoms with E-state index in [1.807, 2.05) is 61.9 Å². The standard InChI is InChI=1S/C13H11N3.C9H11NO2.C7H4N2O6/c1-2-6-13-12(5-1)15-10-16(13)9-11-4-3-7-14-8-11;1-10(2)8-5-3-4-7(6-8)9(11)12;10-7(11)4-1-5(8(12)13)3-6(2-4)9(14)15/h1-8,10H,9H2;3-6H,1-2H3,(H,11,12);1-3H,(H,10,11). The average molecular weight is 587 g/mol. The van der Waals surface area contributed by atoms with Crippen molar-refractivity contribution in [2.24, 2.45) is 0 Å². The highest BCUT2D eigenvalue weighted by atomic mass is 16.6. The van der Waals surface area contributed by atoms with E-state index in [0.717, 1.165) is 35.4 Å². The molecular formula is C29H26N6O8. The lowest BCUT2D eigenvalue weighted by Gasteiger charge is -2.12. The SMILES string of the molecule is CN(C)c1cccc(C(=O)O)c1.O=C(O)c1cc([N+](=O)[O-])cc([N+](=O)[O-])c1.c1cncc(Cn2cnc3ccccc32)c1. The summed E-state index contributed by atoms with van der Waals surface area (Å²) in [7, 11) is 3.75. The summed E-state index contributed by atoms with van der Waals surface area (Å²) < 4.78 is 2.13. The first kappa shape index (κ1) is 31.3. The van der Waals surface area contributed by atoms with Crippen LogP contribution in [0.25, 0.3) is 11.0 Å². The number of carboxylic acids is 2. The Kier molecular flexibility index (Phi) is 10.5. The van der Waals surface area contributed by atoms with Gasteiger partial charge in [-0.25, -0.2) is 14.6 Å². The Balaban J connectivity index is 0.000000179. The van der Waals surface area contributed by atoms with Crippen LogP contribution >= 0.6 is 0 Å². The maximum atomic E-state index is 10.6. The van der Waals surface area contributed by atoms with Crippen LogP contribution in [0.4, 0.5) is 17.1 Å². The second-order valence-electron chi connectivity index (χ2n) is 9.03. The molecule has 0 radical (unpaired) electrons. The Morgan fingerprint density at radius 1 is 0.837 bits per heavy atom. The minimum absolute atomic E-state index is 0.321. The monoisotopic (exact) mass is 586 g/mol. The maximum Gasteiger partial charge on any atom is 0.336 e. The molecule has 0 amide bonds. The molecule has 0 aliphatic rings. The molecule has 0 bridgehead atoms. The number of nitro groups is 2. The van der Waals surface area contributed by atoms with E-state index in [1.165, 1.54) is 5.56 Å². The maximum absolute atomic E-state index is 10.6. The fourth-order valence-corrected chi connectivity index (χ4v) is 3.67. The fraction of sp³-hybridized carbons (Fsp3) is 0.103. The molecule has 0 aliphatic carbocycles. The van der Waals surface area contributed by atoms with Gasteiger partial charge in [0.25, 0.3) is 11.4 Å². The van der Waals surface area contributed by atoms with Crippen molar-refractivity contribution in [3.8, 4) is 0 Å². The summed E-state index contributed by atoms with van der Waals surface area (Å²) >= 11 is 0. The molecule has 5 aromatic rings. The Labute approximate surface area is 244 Å². The van der Waals surface area contributed by atoms with Gasteiger partial charge in [-0.2, -0.15) is 0 Å². The minimum atomic E-state index is -1.46. The lowest BCUT2D eigenvalue weighted by atomic mass is 10.2. The molecule has 0 spiro atoms. The number of benzene rings is 3. The van der Waals surface area contributed by atoms with Gasteiger partial charge in [-0.3, -0.25) is 25.2 Å². The van der Waals surface area contributed by atoms with E-state index in [2.05, 4.69) is 26.7 Å². The van der Waals surface area contributed by atoms with Gasteiger partial charge < -0.3 is 19.7 Å². The summed E-state index contributed by atoms with van der Waals surface area (Å²) in [6.07, 6.45) is 5.54. The predicted molar refractivity (Wildman–Crippen MR) is 158 cm³/mol. The Hall–Kier alpha value is -6.18. The van der Waals surface area contributed by atoms with Gasteiger partial charge in [0.1, 0.15) is 0 Å². The third-order valence-corrected chi connectivity index (χ3v) is 5.78. The van der Waals surface area contributed by atoms with Gasteiger partial charge in [-0.1, -0.05) is 24.3 Å². The molecule has 0 fully saturated rings. The van der Waals surface area contributed by atoms with Crippen LogP contribution in [0.3, 0.4) is 0 Å². The Morgan fingerprint density at radius 2 is 1.49 bits per heavy atom. The molecule has 14 heteroatoms. The molecule has 2 heterocycles. The van der Waals surface area contributed by atoms with Crippen LogP contribution in [0.5, 0.6) is 0 Å². The summed E-state index contributed by atoms with van der Waals surface area (Å²) in [5.74, 6) is -2.35. The number of imidazole rings is 1. The van der Waals surface area contributed by atoms with Gasteiger partial charge in [-0.05, 0) is 42.0 Å². The smallest absolute Gasteiger partial charge is 0.336 e. The summed E-state index contributed by atoms with van der Waals surface area (Å²) in [4.78, 5) is 50.3.